The number of halogens is 1. The van der Waals surface area contributed by atoms with Gasteiger partial charge >= 0.3 is 6.03 Å². The molecule has 0 saturated heterocycles. The van der Waals surface area contributed by atoms with E-state index in [1.165, 1.54) is 18.6 Å². The zero-order valence-electron chi connectivity index (χ0n) is 11.0. The molecule has 1 aromatic rings. The lowest BCUT2D eigenvalue weighted by molar-refractivity contribution is 0.0971. The third-order valence-corrected chi connectivity index (χ3v) is 1.67. The Morgan fingerprint density at radius 1 is 1.35 bits per heavy atom. The highest BCUT2D eigenvalue weighted by Gasteiger charge is 2.09. The fourth-order valence-electron chi connectivity index (χ4n) is 1.01. The summed E-state index contributed by atoms with van der Waals surface area (Å²) < 4.78 is 0. The lowest BCUT2D eigenvalue weighted by atomic mass is 10.4. The van der Waals surface area contributed by atoms with Gasteiger partial charge in [-0.3, -0.25) is 15.1 Å². The number of carbonyl (C=O) groups is 2. The van der Waals surface area contributed by atoms with Gasteiger partial charge in [0, 0.05) is 18.4 Å². The fraction of sp³-hybridized carbons (Fsp3) is 0.300. The van der Waals surface area contributed by atoms with Crippen molar-refractivity contribution in [2.75, 3.05) is 0 Å². The van der Waals surface area contributed by atoms with E-state index in [9.17, 15) is 9.59 Å². The molecule has 0 aromatic carbocycles. The number of urea groups is 1. The van der Waals surface area contributed by atoms with Gasteiger partial charge in [0.15, 0.2) is 0 Å². The van der Waals surface area contributed by atoms with Crippen LogP contribution in [0.15, 0.2) is 23.6 Å². The Labute approximate surface area is 121 Å². The van der Waals surface area contributed by atoms with E-state index in [1.807, 2.05) is 0 Å². The third kappa shape index (κ3) is 7.24. The molecular weight excluding hydrogens is 288 g/mol. The molecule has 1 heterocycles. The number of amides is 3. The quantitative estimate of drug-likeness (QED) is 0.484. The summed E-state index contributed by atoms with van der Waals surface area (Å²) in [5.41, 5.74) is 5.48. The number of aliphatic imine (C=N–C) groups is 1. The van der Waals surface area contributed by atoms with E-state index < -0.39 is 11.9 Å². The van der Waals surface area contributed by atoms with Crippen LogP contribution < -0.4 is 16.4 Å². The molecule has 20 heavy (non-hydrogen) atoms. The zero-order chi connectivity index (χ0) is 13.5. The number of nitrogens with one attached hydrogen (secondary N) is 2. The van der Waals surface area contributed by atoms with E-state index in [0.29, 0.717) is 0 Å². The number of carbonyl (C=O) groups excluding carboxylic acids is 2. The standard InChI is InChI=1S/C10H14N6O2.ClH.H2O/c1-6(2)14-10(18)16-9(11)15-8(17)7-5-12-3-4-13-7;;/h3-6H,1-2H3,(H4,11,14,15,16,17,18);1H;1H2. The topological polar surface area (TPSA) is 154 Å². The molecule has 0 aliphatic carbocycles. The summed E-state index contributed by atoms with van der Waals surface area (Å²) in [5, 5.41) is 4.73. The van der Waals surface area contributed by atoms with Crippen LogP contribution in [0, 0.1) is 0 Å². The van der Waals surface area contributed by atoms with Crippen molar-refractivity contribution in [3.63, 3.8) is 0 Å². The normalized spacial score (nSPS) is 10.1. The van der Waals surface area contributed by atoms with Gasteiger partial charge in [-0.05, 0) is 13.8 Å². The molecule has 0 radical (unpaired) electrons. The summed E-state index contributed by atoms with van der Waals surface area (Å²) in [7, 11) is 0. The molecule has 0 spiro atoms. The summed E-state index contributed by atoms with van der Waals surface area (Å²) in [6, 6.07) is -0.688. The molecule has 3 amide bonds. The molecular formula is C10H17ClN6O3. The Morgan fingerprint density at radius 3 is 2.50 bits per heavy atom. The number of nitrogens with zero attached hydrogens (tertiary/aromatic N) is 3. The van der Waals surface area contributed by atoms with Crippen LogP contribution in [0.4, 0.5) is 4.79 Å². The minimum absolute atomic E-state index is 0. The van der Waals surface area contributed by atoms with Gasteiger partial charge in [-0.1, -0.05) is 0 Å². The molecule has 0 atom stereocenters. The number of hydrogen-bond donors (Lipinski definition) is 3. The van der Waals surface area contributed by atoms with E-state index in [0.717, 1.165) is 0 Å². The van der Waals surface area contributed by atoms with Crippen molar-refractivity contribution in [2.45, 2.75) is 19.9 Å². The Morgan fingerprint density at radius 2 is 2.00 bits per heavy atom. The number of hydrogen-bond acceptors (Lipinski definition) is 4. The molecule has 6 N–H and O–H groups in total. The van der Waals surface area contributed by atoms with Crippen molar-refractivity contribution < 1.29 is 15.1 Å². The molecule has 0 aliphatic heterocycles. The van der Waals surface area contributed by atoms with Gasteiger partial charge in [0.1, 0.15) is 5.69 Å². The van der Waals surface area contributed by atoms with Gasteiger partial charge < -0.3 is 16.5 Å². The van der Waals surface area contributed by atoms with Crippen LogP contribution in [0.2, 0.25) is 0 Å². The fourth-order valence-corrected chi connectivity index (χ4v) is 1.01. The second-order valence-electron chi connectivity index (χ2n) is 3.65. The molecule has 1 aromatic heterocycles. The van der Waals surface area contributed by atoms with Crippen LogP contribution >= 0.6 is 12.4 Å². The lowest BCUT2D eigenvalue weighted by Gasteiger charge is -2.06. The van der Waals surface area contributed by atoms with Crippen LogP contribution in [0.1, 0.15) is 24.3 Å². The maximum absolute atomic E-state index is 11.6. The van der Waals surface area contributed by atoms with Gasteiger partial charge in [-0.25, -0.2) is 9.78 Å². The first-order valence-electron chi connectivity index (χ1n) is 5.21. The van der Waals surface area contributed by atoms with Crippen LogP contribution in [-0.2, 0) is 0 Å². The zero-order valence-corrected chi connectivity index (χ0v) is 11.8. The summed E-state index contributed by atoms with van der Waals surface area (Å²) in [5.74, 6) is -0.884. The molecule has 0 saturated carbocycles. The van der Waals surface area contributed by atoms with Crippen molar-refractivity contribution >= 4 is 30.3 Å². The van der Waals surface area contributed by atoms with E-state index in [4.69, 9.17) is 5.73 Å². The minimum atomic E-state index is -0.623. The number of guanidine groups is 1. The predicted molar refractivity (Wildman–Crippen MR) is 75.7 cm³/mol. The Balaban J connectivity index is 0. The predicted octanol–water partition coefficient (Wildman–Crippen LogP) is -0.764. The first-order valence-corrected chi connectivity index (χ1v) is 5.21. The Hall–Kier alpha value is -2.26. The van der Waals surface area contributed by atoms with Crippen LogP contribution in [0.3, 0.4) is 0 Å². The van der Waals surface area contributed by atoms with Crippen molar-refractivity contribution in [3.05, 3.63) is 24.3 Å². The van der Waals surface area contributed by atoms with E-state index in [2.05, 4.69) is 25.6 Å². The van der Waals surface area contributed by atoms with Crippen molar-refractivity contribution in [2.24, 2.45) is 10.7 Å². The summed E-state index contributed by atoms with van der Waals surface area (Å²) in [6.07, 6.45) is 4.08. The second kappa shape index (κ2) is 9.64. The van der Waals surface area contributed by atoms with Gasteiger partial charge in [-0.15, -0.1) is 12.4 Å². The van der Waals surface area contributed by atoms with Crippen LogP contribution in [0.5, 0.6) is 0 Å². The van der Waals surface area contributed by atoms with Crippen molar-refractivity contribution in [3.8, 4) is 0 Å². The summed E-state index contributed by atoms with van der Waals surface area (Å²) in [4.78, 5) is 33.7. The second-order valence-corrected chi connectivity index (χ2v) is 3.65. The van der Waals surface area contributed by atoms with Crippen molar-refractivity contribution in [1.29, 1.82) is 0 Å². The maximum Gasteiger partial charge on any atom is 0.344 e. The average Bonchev–Trinajstić information content (AvgIpc) is 2.28. The highest BCUT2D eigenvalue weighted by molar-refractivity contribution is 6.06. The molecule has 0 unspecified atom stereocenters. The maximum atomic E-state index is 11.6. The summed E-state index contributed by atoms with van der Waals surface area (Å²) >= 11 is 0. The highest BCUT2D eigenvalue weighted by Crippen LogP contribution is 1.89. The molecule has 112 valence electrons. The minimum Gasteiger partial charge on any atom is -0.412 e. The SMILES string of the molecule is CC(C)NC(=O)/N=C(/N)NC(=O)c1cnccn1.Cl.O. The molecule has 0 bridgehead atoms. The first-order chi connectivity index (χ1) is 8.49. The third-order valence-electron chi connectivity index (χ3n) is 1.67. The smallest absolute Gasteiger partial charge is 0.344 e. The molecule has 0 aliphatic rings. The Bertz CT molecular complexity index is 465. The van der Waals surface area contributed by atoms with Gasteiger partial charge in [-0.2, -0.15) is 4.99 Å². The average molecular weight is 305 g/mol. The van der Waals surface area contributed by atoms with E-state index >= 15 is 0 Å². The van der Waals surface area contributed by atoms with E-state index in [1.54, 1.807) is 13.8 Å². The highest BCUT2D eigenvalue weighted by atomic mass is 35.5. The monoisotopic (exact) mass is 304 g/mol. The van der Waals surface area contributed by atoms with Gasteiger partial charge in [0.25, 0.3) is 5.91 Å². The molecule has 1 rings (SSSR count). The largest absolute Gasteiger partial charge is 0.412 e. The van der Waals surface area contributed by atoms with Gasteiger partial charge in [0.2, 0.25) is 5.96 Å². The van der Waals surface area contributed by atoms with E-state index in [-0.39, 0.29) is 35.6 Å². The molecule has 0 fully saturated rings. The lowest BCUT2D eigenvalue weighted by Crippen LogP contribution is -2.39. The number of nitrogens with two attached hydrogens (primary N) is 1. The van der Waals surface area contributed by atoms with Gasteiger partial charge in [0.05, 0.1) is 6.20 Å². The number of rotatable bonds is 2. The Kier molecular flexibility index (Phi) is 9.67. The molecule has 10 heteroatoms. The first kappa shape index (κ1) is 20.1. The molecule has 9 nitrogen and oxygen atoms in total. The summed E-state index contributed by atoms with van der Waals surface area (Å²) in [6.45, 7) is 3.56. The number of aromatic nitrogens is 2. The van der Waals surface area contributed by atoms with Crippen LogP contribution in [-0.4, -0.2) is 39.4 Å². The van der Waals surface area contributed by atoms with Crippen molar-refractivity contribution in [1.82, 2.24) is 20.6 Å². The van der Waals surface area contributed by atoms with Crippen LogP contribution in [0.25, 0.3) is 0 Å².